The van der Waals surface area contributed by atoms with E-state index in [0.717, 1.165) is 4.47 Å². The van der Waals surface area contributed by atoms with Gasteiger partial charge in [0.15, 0.2) is 6.61 Å². The first kappa shape index (κ1) is 18.7. The summed E-state index contributed by atoms with van der Waals surface area (Å²) in [5, 5.41) is 20.5. The molecule has 5 nitrogen and oxygen atoms in total. The molecule has 1 N–H and O–H groups in total. The van der Waals surface area contributed by atoms with Crippen LogP contribution in [0.3, 0.4) is 0 Å². The number of amides is 1. The summed E-state index contributed by atoms with van der Waals surface area (Å²) < 4.78 is 6.75. The zero-order valence-corrected chi connectivity index (χ0v) is 16.0. The van der Waals surface area contributed by atoms with Gasteiger partial charge in [0.05, 0.1) is 4.47 Å². The number of carbonyl (C=O) groups excluding carboxylic acids is 1. The zero-order valence-electron chi connectivity index (χ0n) is 12.8. The summed E-state index contributed by atoms with van der Waals surface area (Å²) >= 11 is 6.65. The van der Waals surface area contributed by atoms with Gasteiger partial charge in [0.1, 0.15) is 23.5 Å². The van der Waals surface area contributed by atoms with Gasteiger partial charge in [0.2, 0.25) is 0 Å². The van der Waals surface area contributed by atoms with Gasteiger partial charge in [-0.05, 0) is 64.0 Å². The second-order valence-electron chi connectivity index (χ2n) is 4.77. The smallest absolute Gasteiger partial charge is 0.266 e. The molecule has 1 amide bonds. The molecular formula is C18H11Br2N3O2. The van der Waals surface area contributed by atoms with E-state index in [1.54, 1.807) is 42.5 Å². The van der Waals surface area contributed by atoms with Crippen molar-refractivity contribution in [1.29, 1.82) is 10.5 Å². The molecule has 2 aromatic carbocycles. The number of benzene rings is 2. The molecule has 0 unspecified atom stereocenters. The van der Waals surface area contributed by atoms with Gasteiger partial charge in [0.25, 0.3) is 5.91 Å². The Hall–Kier alpha value is -2.61. The number of anilines is 1. The van der Waals surface area contributed by atoms with E-state index in [-0.39, 0.29) is 12.2 Å². The van der Waals surface area contributed by atoms with Crippen LogP contribution in [0.4, 0.5) is 5.69 Å². The molecule has 2 aromatic rings. The standard InChI is InChI=1S/C18H11Br2N3O2/c19-14-2-4-15(5-3-14)23-18(24)13(11-22)9-12-1-6-17(16(20)10-12)25-8-7-21/h1-6,9-10H,8H2,(H,23,24)/b13-9-. The lowest BCUT2D eigenvalue weighted by Crippen LogP contribution is -2.13. The largest absolute Gasteiger partial charge is 0.478 e. The summed E-state index contributed by atoms with van der Waals surface area (Å²) in [4.78, 5) is 12.2. The van der Waals surface area contributed by atoms with Crippen LogP contribution in [-0.4, -0.2) is 12.5 Å². The number of nitrogens with zero attached hydrogens (tertiary/aromatic N) is 2. The number of halogens is 2. The Morgan fingerprint density at radius 3 is 2.48 bits per heavy atom. The maximum atomic E-state index is 12.2. The molecule has 124 valence electrons. The number of nitriles is 2. The van der Waals surface area contributed by atoms with Gasteiger partial charge in [-0.3, -0.25) is 4.79 Å². The van der Waals surface area contributed by atoms with Crippen molar-refractivity contribution in [2.24, 2.45) is 0 Å². The Bertz CT molecular complexity index is 894. The normalized spacial score (nSPS) is 10.5. The van der Waals surface area contributed by atoms with Crippen molar-refractivity contribution in [2.75, 3.05) is 11.9 Å². The van der Waals surface area contributed by atoms with Gasteiger partial charge in [-0.25, -0.2) is 0 Å². The van der Waals surface area contributed by atoms with Crippen molar-refractivity contribution in [3.63, 3.8) is 0 Å². The number of nitrogens with one attached hydrogen (secondary N) is 1. The van der Waals surface area contributed by atoms with Crippen LogP contribution in [0.25, 0.3) is 6.08 Å². The van der Waals surface area contributed by atoms with Crippen molar-refractivity contribution >= 4 is 49.5 Å². The Labute approximate surface area is 161 Å². The molecule has 0 aliphatic rings. The van der Waals surface area contributed by atoms with Crippen LogP contribution in [0.5, 0.6) is 5.75 Å². The summed E-state index contributed by atoms with van der Waals surface area (Å²) in [5.41, 5.74) is 1.22. The van der Waals surface area contributed by atoms with Crippen LogP contribution in [0.1, 0.15) is 5.56 Å². The molecule has 0 aliphatic heterocycles. The summed E-state index contributed by atoms with van der Waals surface area (Å²) in [6.45, 7) is -0.0627. The van der Waals surface area contributed by atoms with Gasteiger partial charge in [0, 0.05) is 10.2 Å². The minimum absolute atomic E-state index is 0.0273. The molecule has 0 bridgehead atoms. The summed E-state index contributed by atoms with van der Waals surface area (Å²) in [7, 11) is 0. The highest BCUT2D eigenvalue weighted by atomic mass is 79.9. The van der Waals surface area contributed by atoms with Crippen molar-refractivity contribution < 1.29 is 9.53 Å². The maximum Gasteiger partial charge on any atom is 0.266 e. The number of rotatable bonds is 5. The van der Waals surface area contributed by atoms with Crippen molar-refractivity contribution in [2.45, 2.75) is 0 Å². The van der Waals surface area contributed by atoms with E-state index >= 15 is 0 Å². The van der Waals surface area contributed by atoms with Crippen LogP contribution >= 0.6 is 31.9 Å². The average molecular weight is 461 g/mol. The van der Waals surface area contributed by atoms with Crippen molar-refractivity contribution in [3.05, 3.63) is 62.5 Å². The predicted octanol–water partition coefficient (Wildman–Crippen LogP) is 4.66. The fourth-order valence-electron chi connectivity index (χ4n) is 1.88. The Morgan fingerprint density at radius 2 is 1.88 bits per heavy atom. The monoisotopic (exact) mass is 459 g/mol. The predicted molar refractivity (Wildman–Crippen MR) is 102 cm³/mol. The highest BCUT2D eigenvalue weighted by molar-refractivity contribution is 9.10. The lowest BCUT2D eigenvalue weighted by molar-refractivity contribution is -0.112. The Kier molecular flexibility index (Phi) is 6.76. The molecule has 0 heterocycles. The zero-order chi connectivity index (χ0) is 18.2. The molecule has 0 saturated carbocycles. The van der Waals surface area contributed by atoms with Gasteiger partial charge in [-0.15, -0.1) is 0 Å². The van der Waals surface area contributed by atoms with E-state index in [9.17, 15) is 10.1 Å². The van der Waals surface area contributed by atoms with E-state index in [0.29, 0.717) is 21.5 Å². The highest BCUT2D eigenvalue weighted by Gasteiger charge is 2.10. The Balaban J connectivity index is 2.17. The number of ether oxygens (including phenoxy) is 1. The molecule has 25 heavy (non-hydrogen) atoms. The SMILES string of the molecule is N#CCOc1ccc(/C=C(/C#N)C(=O)Nc2ccc(Br)cc2)cc1Br. The third-order valence-electron chi connectivity index (χ3n) is 3.03. The van der Waals surface area contributed by atoms with Crippen LogP contribution in [0.15, 0.2) is 57.0 Å². The lowest BCUT2D eigenvalue weighted by atomic mass is 10.1. The van der Waals surface area contributed by atoms with E-state index in [1.807, 2.05) is 12.1 Å². The van der Waals surface area contributed by atoms with E-state index in [1.165, 1.54) is 6.08 Å². The van der Waals surface area contributed by atoms with Crippen LogP contribution in [-0.2, 0) is 4.79 Å². The number of hydrogen-bond acceptors (Lipinski definition) is 4. The van der Waals surface area contributed by atoms with Gasteiger partial charge in [-0.1, -0.05) is 22.0 Å². The summed E-state index contributed by atoms with van der Waals surface area (Å²) in [5.74, 6) is 0.0160. The Morgan fingerprint density at radius 1 is 1.16 bits per heavy atom. The van der Waals surface area contributed by atoms with Gasteiger partial charge < -0.3 is 10.1 Å². The minimum atomic E-state index is -0.495. The third kappa shape index (κ3) is 5.46. The van der Waals surface area contributed by atoms with Crippen molar-refractivity contribution in [3.8, 4) is 17.9 Å². The molecule has 0 spiro atoms. The second-order valence-corrected chi connectivity index (χ2v) is 6.54. The molecule has 2 rings (SSSR count). The number of hydrogen-bond donors (Lipinski definition) is 1. The minimum Gasteiger partial charge on any atom is -0.478 e. The first-order chi connectivity index (χ1) is 12.0. The molecule has 0 aliphatic carbocycles. The third-order valence-corrected chi connectivity index (χ3v) is 4.17. The first-order valence-electron chi connectivity index (χ1n) is 7.01. The average Bonchev–Trinajstić information content (AvgIpc) is 2.60. The molecule has 0 radical (unpaired) electrons. The maximum absolute atomic E-state index is 12.2. The second kappa shape index (κ2) is 9.03. The summed E-state index contributed by atoms with van der Waals surface area (Å²) in [6, 6.07) is 15.9. The molecule has 0 saturated heterocycles. The topological polar surface area (TPSA) is 85.9 Å². The molecule has 0 aromatic heterocycles. The van der Waals surface area contributed by atoms with E-state index < -0.39 is 5.91 Å². The molecular weight excluding hydrogens is 450 g/mol. The molecule has 7 heteroatoms. The quantitative estimate of drug-likeness (QED) is 0.519. The lowest BCUT2D eigenvalue weighted by Gasteiger charge is -2.06. The highest BCUT2D eigenvalue weighted by Crippen LogP contribution is 2.27. The van der Waals surface area contributed by atoms with Crippen LogP contribution < -0.4 is 10.1 Å². The van der Waals surface area contributed by atoms with Crippen LogP contribution in [0.2, 0.25) is 0 Å². The van der Waals surface area contributed by atoms with E-state index in [2.05, 4.69) is 37.2 Å². The van der Waals surface area contributed by atoms with E-state index in [4.69, 9.17) is 10.00 Å². The van der Waals surface area contributed by atoms with Gasteiger partial charge in [-0.2, -0.15) is 10.5 Å². The summed E-state index contributed by atoms with van der Waals surface area (Å²) in [6.07, 6.45) is 1.48. The number of carbonyl (C=O) groups is 1. The molecule has 0 atom stereocenters. The molecule has 0 fully saturated rings. The fraction of sp³-hybridized carbons (Fsp3) is 0.0556. The van der Waals surface area contributed by atoms with Gasteiger partial charge >= 0.3 is 0 Å². The first-order valence-corrected chi connectivity index (χ1v) is 8.60. The van der Waals surface area contributed by atoms with Crippen molar-refractivity contribution in [1.82, 2.24) is 0 Å². The fourth-order valence-corrected chi connectivity index (χ4v) is 2.66. The van der Waals surface area contributed by atoms with Crippen LogP contribution in [0, 0.1) is 22.7 Å².